The van der Waals surface area contributed by atoms with Gasteiger partial charge in [-0.25, -0.2) is 4.79 Å². The fraction of sp³-hybridized carbons (Fsp3) is 0.429. The molecule has 1 atom stereocenters. The Morgan fingerprint density at radius 2 is 1.92 bits per heavy atom. The van der Waals surface area contributed by atoms with Gasteiger partial charge >= 0.3 is 5.97 Å². The summed E-state index contributed by atoms with van der Waals surface area (Å²) in [5.74, 6) is -0.671. The van der Waals surface area contributed by atoms with Crippen molar-refractivity contribution in [2.45, 2.75) is 52.0 Å². The molecule has 5 heteroatoms. The first-order valence-corrected chi connectivity index (χ1v) is 10.0. The Hall–Kier alpha value is -2.14. The van der Waals surface area contributed by atoms with Crippen molar-refractivity contribution in [3.05, 3.63) is 56.8 Å². The van der Waals surface area contributed by atoms with Gasteiger partial charge in [-0.2, -0.15) is 0 Å². The maximum atomic E-state index is 12.2. The number of thiophene rings is 1. The molecule has 2 aromatic rings. The highest BCUT2D eigenvalue weighted by atomic mass is 32.1. The lowest BCUT2D eigenvalue weighted by Crippen LogP contribution is -2.32. The van der Waals surface area contributed by atoms with E-state index in [2.05, 4.69) is 5.32 Å². The summed E-state index contributed by atoms with van der Waals surface area (Å²) in [4.78, 5) is 26.3. The molecule has 0 saturated heterocycles. The second-order valence-corrected chi connectivity index (χ2v) is 7.92. The normalized spacial score (nSPS) is 14.4. The maximum absolute atomic E-state index is 12.2. The van der Waals surface area contributed by atoms with Gasteiger partial charge in [0.15, 0.2) is 6.61 Å². The van der Waals surface area contributed by atoms with E-state index < -0.39 is 5.97 Å². The maximum Gasteiger partial charge on any atom is 0.348 e. The fourth-order valence-electron chi connectivity index (χ4n) is 3.25. The van der Waals surface area contributed by atoms with Gasteiger partial charge in [0, 0.05) is 4.88 Å². The molecule has 26 heavy (non-hydrogen) atoms. The summed E-state index contributed by atoms with van der Waals surface area (Å²) in [6.07, 6.45) is 5.22. The van der Waals surface area contributed by atoms with Crippen LogP contribution in [-0.4, -0.2) is 18.5 Å². The highest BCUT2D eigenvalue weighted by Crippen LogP contribution is 2.30. The molecule has 1 amide bonds. The van der Waals surface area contributed by atoms with Crippen LogP contribution >= 0.6 is 11.3 Å². The Bertz CT molecular complexity index is 756. The van der Waals surface area contributed by atoms with Crippen LogP contribution in [0.3, 0.4) is 0 Å². The van der Waals surface area contributed by atoms with E-state index in [0.29, 0.717) is 4.88 Å². The van der Waals surface area contributed by atoms with Gasteiger partial charge in [0.25, 0.3) is 5.91 Å². The lowest BCUT2D eigenvalue weighted by Gasteiger charge is -2.17. The number of nitrogens with one attached hydrogen (secondary N) is 1. The molecule has 0 saturated carbocycles. The van der Waals surface area contributed by atoms with Crippen LogP contribution < -0.4 is 5.32 Å². The van der Waals surface area contributed by atoms with Gasteiger partial charge in [0.1, 0.15) is 4.88 Å². The van der Waals surface area contributed by atoms with Crippen molar-refractivity contribution in [3.63, 3.8) is 0 Å². The standard InChI is InChI=1S/C21H25NO3S/c1-3-17(15-10-8-14(2)9-11-15)22-20(23)13-25-21(24)19-12-16-6-4-5-7-18(16)26-19/h8-12,17H,3-7,13H2,1-2H3,(H,22,23)/t17-/m0/s1. The van der Waals surface area contributed by atoms with E-state index in [1.807, 2.05) is 44.2 Å². The summed E-state index contributed by atoms with van der Waals surface area (Å²) in [5.41, 5.74) is 3.51. The van der Waals surface area contributed by atoms with E-state index in [9.17, 15) is 9.59 Å². The molecule has 4 nitrogen and oxygen atoms in total. The average molecular weight is 372 g/mol. The number of carbonyl (C=O) groups excluding carboxylic acids is 2. The molecular formula is C21H25NO3S. The SMILES string of the molecule is CC[C@H](NC(=O)COC(=O)c1cc2c(s1)CCCC2)c1ccc(C)cc1. The predicted molar refractivity (Wildman–Crippen MR) is 104 cm³/mol. The number of aryl methyl sites for hydroxylation is 3. The minimum absolute atomic E-state index is 0.0733. The molecule has 1 aromatic heterocycles. The molecular weight excluding hydrogens is 346 g/mol. The van der Waals surface area contributed by atoms with Crippen LogP contribution in [0.25, 0.3) is 0 Å². The first kappa shape index (κ1) is 18.6. The lowest BCUT2D eigenvalue weighted by atomic mass is 9.99. The molecule has 0 aliphatic heterocycles. The molecule has 0 spiro atoms. The fourth-order valence-corrected chi connectivity index (χ4v) is 4.40. The summed E-state index contributed by atoms with van der Waals surface area (Å²) in [7, 11) is 0. The Morgan fingerprint density at radius 3 is 2.62 bits per heavy atom. The number of hydrogen-bond donors (Lipinski definition) is 1. The van der Waals surface area contributed by atoms with Crippen LogP contribution in [0.1, 0.15) is 63.5 Å². The molecule has 3 rings (SSSR count). The van der Waals surface area contributed by atoms with Crippen molar-refractivity contribution in [1.82, 2.24) is 5.32 Å². The van der Waals surface area contributed by atoms with Gasteiger partial charge < -0.3 is 10.1 Å². The first-order chi connectivity index (χ1) is 12.6. The second kappa shape index (κ2) is 8.49. The average Bonchev–Trinajstić information content (AvgIpc) is 3.09. The van der Waals surface area contributed by atoms with E-state index in [1.165, 1.54) is 40.2 Å². The molecule has 0 fully saturated rings. The van der Waals surface area contributed by atoms with Gasteiger partial charge in [0.05, 0.1) is 6.04 Å². The smallest absolute Gasteiger partial charge is 0.348 e. The number of hydrogen-bond acceptors (Lipinski definition) is 4. The van der Waals surface area contributed by atoms with Gasteiger partial charge in [-0.05, 0) is 56.2 Å². The Morgan fingerprint density at radius 1 is 1.19 bits per heavy atom. The molecule has 138 valence electrons. The third kappa shape index (κ3) is 4.52. The molecule has 1 aliphatic rings. The van der Waals surface area contributed by atoms with Gasteiger partial charge in [0.2, 0.25) is 0 Å². The lowest BCUT2D eigenvalue weighted by molar-refractivity contribution is -0.125. The van der Waals surface area contributed by atoms with Crippen molar-refractivity contribution in [1.29, 1.82) is 0 Å². The number of ether oxygens (including phenoxy) is 1. The van der Waals surface area contributed by atoms with Crippen molar-refractivity contribution in [2.24, 2.45) is 0 Å². The number of esters is 1. The number of amides is 1. The van der Waals surface area contributed by atoms with Gasteiger partial charge in [-0.3, -0.25) is 4.79 Å². The molecule has 1 heterocycles. The highest BCUT2D eigenvalue weighted by molar-refractivity contribution is 7.14. The van der Waals surface area contributed by atoms with Crippen LogP contribution in [0, 0.1) is 6.92 Å². The van der Waals surface area contributed by atoms with E-state index in [1.54, 1.807) is 0 Å². The summed E-state index contributed by atoms with van der Waals surface area (Å²) in [6, 6.07) is 9.96. The molecule has 0 radical (unpaired) electrons. The minimum Gasteiger partial charge on any atom is -0.451 e. The van der Waals surface area contributed by atoms with E-state index in [4.69, 9.17) is 4.74 Å². The quantitative estimate of drug-likeness (QED) is 0.768. The van der Waals surface area contributed by atoms with Crippen molar-refractivity contribution >= 4 is 23.2 Å². The second-order valence-electron chi connectivity index (χ2n) is 6.78. The Kier molecular flexibility index (Phi) is 6.09. The number of benzene rings is 1. The van der Waals surface area contributed by atoms with Crippen LogP contribution in [0.15, 0.2) is 30.3 Å². The monoisotopic (exact) mass is 371 g/mol. The van der Waals surface area contributed by atoms with Crippen molar-refractivity contribution < 1.29 is 14.3 Å². The molecule has 1 aliphatic carbocycles. The zero-order valence-electron chi connectivity index (χ0n) is 15.3. The third-order valence-electron chi connectivity index (χ3n) is 4.76. The molecule has 0 bridgehead atoms. The number of fused-ring (bicyclic) bond motifs is 1. The third-order valence-corrected chi connectivity index (χ3v) is 5.97. The molecule has 1 aromatic carbocycles. The van der Waals surface area contributed by atoms with E-state index in [-0.39, 0.29) is 18.6 Å². The first-order valence-electron chi connectivity index (χ1n) is 9.21. The van der Waals surface area contributed by atoms with E-state index in [0.717, 1.165) is 24.8 Å². The van der Waals surface area contributed by atoms with Crippen molar-refractivity contribution in [3.8, 4) is 0 Å². The van der Waals surface area contributed by atoms with Crippen LogP contribution in [0.4, 0.5) is 0 Å². The van der Waals surface area contributed by atoms with Crippen LogP contribution in [-0.2, 0) is 22.4 Å². The van der Waals surface area contributed by atoms with Gasteiger partial charge in [-0.15, -0.1) is 11.3 Å². The van der Waals surface area contributed by atoms with Crippen LogP contribution in [0.2, 0.25) is 0 Å². The van der Waals surface area contributed by atoms with Gasteiger partial charge in [-0.1, -0.05) is 36.8 Å². The molecule has 0 unspecified atom stereocenters. The number of carbonyl (C=O) groups is 2. The van der Waals surface area contributed by atoms with Crippen LogP contribution in [0.5, 0.6) is 0 Å². The predicted octanol–water partition coefficient (Wildman–Crippen LogP) is 4.36. The summed E-state index contributed by atoms with van der Waals surface area (Å²) in [5, 5.41) is 2.95. The summed E-state index contributed by atoms with van der Waals surface area (Å²) < 4.78 is 5.23. The summed E-state index contributed by atoms with van der Waals surface area (Å²) in [6.45, 7) is 3.81. The largest absolute Gasteiger partial charge is 0.451 e. The highest BCUT2D eigenvalue weighted by Gasteiger charge is 2.19. The molecule has 1 N–H and O–H groups in total. The Balaban J connectivity index is 1.53. The van der Waals surface area contributed by atoms with E-state index >= 15 is 0 Å². The number of rotatable bonds is 6. The van der Waals surface area contributed by atoms with Crippen molar-refractivity contribution in [2.75, 3.05) is 6.61 Å². The minimum atomic E-state index is -0.400. The zero-order valence-corrected chi connectivity index (χ0v) is 16.2. The Labute approximate surface area is 158 Å². The zero-order chi connectivity index (χ0) is 18.5. The summed E-state index contributed by atoms with van der Waals surface area (Å²) >= 11 is 1.51. The topological polar surface area (TPSA) is 55.4 Å².